The Balaban J connectivity index is 1.88. The van der Waals surface area contributed by atoms with Crippen molar-refractivity contribution in [3.63, 3.8) is 0 Å². The molecule has 0 aliphatic carbocycles. The summed E-state index contributed by atoms with van der Waals surface area (Å²) in [7, 11) is -2.94. The Labute approximate surface area is 101 Å². The van der Waals surface area contributed by atoms with Crippen molar-refractivity contribution in [2.75, 3.05) is 5.75 Å². The quantitative estimate of drug-likeness (QED) is 0.928. The molecule has 6 heteroatoms. The van der Waals surface area contributed by atoms with Crippen LogP contribution in [0.2, 0.25) is 0 Å². The van der Waals surface area contributed by atoms with Crippen molar-refractivity contribution in [2.24, 2.45) is 0 Å². The fourth-order valence-electron chi connectivity index (χ4n) is 1.38. The molecule has 1 N–H and O–H groups in total. The maximum absolute atomic E-state index is 11.1. The van der Waals surface area contributed by atoms with Gasteiger partial charge in [0.2, 0.25) is 0 Å². The molecule has 0 fully saturated rings. The van der Waals surface area contributed by atoms with Crippen molar-refractivity contribution in [3.8, 4) is 0 Å². The lowest BCUT2D eigenvalue weighted by Crippen LogP contribution is -2.29. The summed E-state index contributed by atoms with van der Waals surface area (Å²) in [4.78, 5) is 1.19. The van der Waals surface area contributed by atoms with E-state index in [9.17, 15) is 8.42 Å². The zero-order valence-electron chi connectivity index (χ0n) is 7.81. The van der Waals surface area contributed by atoms with E-state index in [1.807, 2.05) is 11.4 Å². The third-order valence-corrected chi connectivity index (χ3v) is 5.18. The van der Waals surface area contributed by atoms with Gasteiger partial charge in [-0.05, 0) is 22.0 Å². The molecule has 2 heterocycles. The summed E-state index contributed by atoms with van der Waals surface area (Å²) in [5, 5.41) is 6.49. The van der Waals surface area contributed by atoms with Crippen LogP contribution in [0.15, 0.2) is 27.4 Å². The van der Waals surface area contributed by atoms with Crippen molar-refractivity contribution in [2.45, 2.75) is 12.6 Å². The predicted molar refractivity (Wildman–Crippen MR) is 65.6 cm³/mol. The Morgan fingerprint density at radius 2 is 2.40 bits per heavy atom. The van der Waals surface area contributed by atoms with E-state index < -0.39 is 9.84 Å². The van der Waals surface area contributed by atoms with E-state index in [0.717, 1.165) is 4.47 Å². The Hall–Kier alpha value is -0.170. The first kappa shape index (κ1) is 11.3. The molecule has 15 heavy (non-hydrogen) atoms. The molecule has 1 aliphatic heterocycles. The molecule has 0 amide bonds. The smallest absolute Gasteiger partial charge is 0.173 e. The second kappa shape index (κ2) is 4.37. The molecule has 0 aromatic carbocycles. The van der Waals surface area contributed by atoms with Crippen LogP contribution < -0.4 is 5.32 Å². The topological polar surface area (TPSA) is 46.2 Å². The molecule has 0 saturated heterocycles. The monoisotopic (exact) mass is 307 g/mol. The van der Waals surface area contributed by atoms with Crippen LogP contribution >= 0.6 is 27.3 Å². The van der Waals surface area contributed by atoms with Gasteiger partial charge in [-0.1, -0.05) is 6.08 Å². The van der Waals surface area contributed by atoms with Crippen molar-refractivity contribution in [3.05, 3.63) is 32.3 Å². The van der Waals surface area contributed by atoms with Gasteiger partial charge in [-0.25, -0.2) is 8.42 Å². The highest BCUT2D eigenvalue weighted by molar-refractivity contribution is 9.10. The molecule has 82 valence electrons. The molecule has 0 saturated carbocycles. The average molecular weight is 308 g/mol. The third-order valence-electron chi connectivity index (χ3n) is 2.09. The zero-order chi connectivity index (χ0) is 10.9. The molecule has 1 atom stereocenters. The fourth-order valence-corrected chi connectivity index (χ4v) is 4.05. The second-order valence-electron chi connectivity index (χ2n) is 3.38. The Bertz CT molecular complexity index is 478. The summed E-state index contributed by atoms with van der Waals surface area (Å²) in [6, 6.07) is 1.99. The minimum Gasteiger partial charge on any atom is -0.305 e. The van der Waals surface area contributed by atoms with Gasteiger partial charge in [-0.15, -0.1) is 11.3 Å². The fraction of sp³-hybridized carbons (Fsp3) is 0.333. The van der Waals surface area contributed by atoms with Crippen LogP contribution in [-0.4, -0.2) is 20.2 Å². The lowest BCUT2D eigenvalue weighted by Gasteiger charge is -2.07. The van der Waals surface area contributed by atoms with Gasteiger partial charge >= 0.3 is 0 Å². The molecular weight excluding hydrogens is 298 g/mol. The summed E-state index contributed by atoms with van der Waals surface area (Å²) >= 11 is 5.03. The van der Waals surface area contributed by atoms with Gasteiger partial charge in [0.1, 0.15) is 0 Å². The van der Waals surface area contributed by atoms with Crippen LogP contribution in [0.5, 0.6) is 0 Å². The summed E-state index contributed by atoms with van der Waals surface area (Å²) < 4.78 is 23.3. The van der Waals surface area contributed by atoms with E-state index in [2.05, 4.69) is 21.2 Å². The van der Waals surface area contributed by atoms with Crippen LogP contribution in [0, 0.1) is 0 Å². The normalized spacial score (nSPS) is 23.4. The van der Waals surface area contributed by atoms with Crippen LogP contribution in [0.1, 0.15) is 4.88 Å². The molecule has 1 aliphatic rings. The van der Waals surface area contributed by atoms with Gasteiger partial charge in [-0.2, -0.15) is 0 Å². The standard InChI is InChI=1S/C9H10BrNO2S2/c10-7-3-9(14-5-7)4-11-8-1-2-15(12,13)6-8/h1-3,5,8,11H,4,6H2. The first-order valence-corrected chi connectivity index (χ1v) is 7.81. The Morgan fingerprint density at radius 1 is 1.60 bits per heavy atom. The highest BCUT2D eigenvalue weighted by Gasteiger charge is 2.20. The zero-order valence-corrected chi connectivity index (χ0v) is 11.0. The van der Waals surface area contributed by atoms with E-state index in [1.165, 1.54) is 10.3 Å². The number of sulfone groups is 1. The third kappa shape index (κ3) is 3.14. The highest BCUT2D eigenvalue weighted by atomic mass is 79.9. The van der Waals surface area contributed by atoms with Crippen LogP contribution in [0.25, 0.3) is 0 Å². The molecule has 1 aromatic heterocycles. The molecule has 3 nitrogen and oxygen atoms in total. The number of nitrogens with one attached hydrogen (secondary N) is 1. The minimum atomic E-state index is -2.94. The highest BCUT2D eigenvalue weighted by Crippen LogP contribution is 2.20. The number of hydrogen-bond donors (Lipinski definition) is 1. The first-order chi connectivity index (χ1) is 7.05. The molecule has 1 aromatic rings. The van der Waals surface area contributed by atoms with Gasteiger partial charge in [0.25, 0.3) is 0 Å². The van der Waals surface area contributed by atoms with Crippen molar-refractivity contribution in [1.29, 1.82) is 0 Å². The largest absolute Gasteiger partial charge is 0.305 e. The van der Waals surface area contributed by atoms with E-state index >= 15 is 0 Å². The summed E-state index contributed by atoms with van der Waals surface area (Å²) in [5.41, 5.74) is 0. The number of rotatable bonds is 3. The molecule has 0 spiro atoms. The number of thiophene rings is 1. The SMILES string of the molecule is O=S1(=O)C=CC(NCc2cc(Br)cs2)C1. The number of hydrogen-bond acceptors (Lipinski definition) is 4. The van der Waals surface area contributed by atoms with Gasteiger partial charge in [0, 0.05) is 32.7 Å². The molecule has 1 unspecified atom stereocenters. The van der Waals surface area contributed by atoms with E-state index in [-0.39, 0.29) is 11.8 Å². The van der Waals surface area contributed by atoms with Crippen LogP contribution in [0.3, 0.4) is 0 Å². The summed E-state index contributed by atoms with van der Waals surface area (Å²) in [6.45, 7) is 0.709. The number of halogens is 1. The molecule has 2 rings (SSSR count). The molecule has 0 radical (unpaired) electrons. The molecular formula is C9H10BrNO2S2. The first-order valence-electron chi connectivity index (χ1n) is 4.42. The van der Waals surface area contributed by atoms with E-state index in [0.29, 0.717) is 6.54 Å². The summed E-state index contributed by atoms with van der Waals surface area (Å²) in [5.74, 6) is 0.180. The maximum Gasteiger partial charge on any atom is 0.173 e. The van der Waals surface area contributed by atoms with Gasteiger partial charge in [0.05, 0.1) is 5.75 Å². The Morgan fingerprint density at radius 3 is 2.93 bits per heavy atom. The van der Waals surface area contributed by atoms with Gasteiger partial charge < -0.3 is 5.32 Å². The molecule has 0 bridgehead atoms. The van der Waals surface area contributed by atoms with Gasteiger partial charge in [0.15, 0.2) is 9.84 Å². The van der Waals surface area contributed by atoms with Crippen LogP contribution in [-0.2, 0) is 16.4 Å². The predicted octanol–water partition coefficient (Wildman–Crippen LogP) is 1.91. The van der Waals surface area contributed by atoms with Crippen LogP contribution in [0.4, 0.5) is 0 Å². The minimum absolute atomic E-state index is 0.0455. The van der Waals surface area contributed by atoms with Crippen molar-refractivity contribution >= 4 is 37.1 Å². The van der Waals surface area contributed by atoms with E-state index in [4.69, 9.17) is 0 Å². The lowest BCUT2D eigenvalue weighted by molar-refractivity contribution is 0.591. The van der Waals surface area contributed by atoms with Crippen molar-refractivity contribution in [1.82, 2.24) is 5.32 Å². The average Bonchev–Trinajstić information content (AvgIpc) is 2.69. The van der Waals surface area contributed by atoms with E-state index in [1.54, 1.807) is 17.4 Å². The van der Waals surface area contributed by atoms with Crippen molar-refractivity contribution < 1.29 is 8.42 Å². The Kier molecular flexibility index (Phi) is 3.30. The lowest BCUT2D eigenvalue weighted by atomic mass is 10.3. The summed E-state index contributed by atoms with van der Waals surface area (Å²) in [6.07, 6.45) is 1.71. The second-order valence-corrected chi connectivity index (χ2v) is 7.22. The maximum atomic E-state index is 11.1. The van der Waals surface area contributed by atoms with Gasteiger partial charge in [-0.3, -0.25) is 0 Å².